The van der Waals surface area contributed by atoms with Crippen LogP contribution in [0.3, 0.4) is 0 Å². The molecule has 0 aliphatic heterocycles. The first kappa shape index (κ1) is 19.1. The Labute approximate surface area is 137 Å². The third-order valence-electron chi connectivity index (χ3n) is 3.39. The van der Waals surface area contributed by atoms with Gasteiger partial charge in [-0.3, -0.25) is 9.36 Å². The third kappa shape index (κ3) is 5.34. The van der Waals surface area contributed by atoms with E-state index in [1.54, 1.807) is 13.8 Å². The summed E-state index contributed by atoms with van der Waals surface area (Å²) < 4.78 is 11.9. The summed E-state index contributed by atoms with van der Waals surface area (Å²) in [6, 6.07) is 4.09. The molecule has 0 aromatic carbocycles. The van der Waals surface area contributed by atoms with Gasteiger partial charge < -0.3 is 9.47 Å². The van der Waals surface area contributed by atoms with Crippen LogP contribution in [0.1, 0.15) is 28.5 Å². The van der Waals surface area contributed by atoms with Crippen molar-refractivity contribution in [2.75, 3.05) is 13.2 Å². The van der Waals surface area contributed by atoms with Gasteiger partial charge in [0.2, 0.25) is 0 Å². The van der Waals surface area contributed by atoms with Gasteiger partial charge in [0.25, 0.3) is 5.56 Å². The number of nitrogens with zero attached hydrogens (tertiary/aromatic N) is 2. The van der Waals surface area contributed by atoms with Gasteiger partial charge in [0.15, 0.2) is 0 Å². The molecular formula is C16H24N2O4Si. The number of hydrogen-bond donors (Lipinski definition) is 0. The SMILES string of the molecule is CCOC(=O)c1cc(C#N)c(=O)n(COCC[Si](C)(C)C)c1C. The lowest BCUT2D eigenvalue weighted by molar-refractivity contribution is 0.0519. The molecule has 1 heterocycles. The van der Waals surface area contributed by atoms with Crippen LogP contribution < -0.4 is 5.56 Å². The van der Waals surface area contributed by atoms with Crippen LogP contribution in [0.25, 0.3) is 0 Å². The van der Waals surface area contributed by atoms with Gasteiger partial charge in [-0.05, 0) is 26.0 Å². The molecule has 6 nitrogen and oxygen atoms in total. The molecule has 0 unspecified atom stereocenters. The number of ether oxygens (including phenoxy) is 2. The van der Waals surface area contributed by atoms with Gasteiger partial charge in [0.1, 0.15) is 18.4 Å². The second kappa shape index (κ2) is 8.08. The first-order valence-corrected chi connectivity index (χ1v) is 11.3. The molecule has 0 saturated carbocycles. The fourth-order valence-electron chi connectivity index (χ4n) is 1.94. The zero-order valence-corrected chi connectivity index (χ0v) is 15.4. The topological polar surface area (TPSA) is 81.3 Å². The van der Waals surface area contributed by atoms with Crippen molar-refractivity contribution in [1.82, 2.24) is 4.57 Å². The highest BCUT2D eigenvalue weighted by molar-refractivity contribution is 6.76. The lowest BCUT2D eigenvalue weighted by Gasteiger charge is -2.17. The predicted molar refractivity (Wildman–Crippen MR) is 90.2 cm³/mol. The van der Waals surface area contributed by atoms with Crippen molar-refractivity contribution in [3.05, 3.63) is 33.2 Å². The Morgan fingerprint density at radius 2 is 2.04 bits per heavy atom. The minimum absolute atomic E-state index is 0.0249. The van der Waals surface area contributed by atoms with Gasteiger partial charge in [-0.2, -0.15) is 5.26 Å². The molecule has 0 saturated heterocycles. The van der Waals surface area contributed by atoms with Crippen molar-refractivity contribution >= 4 is 14.0 Å². The zero-order chi connectivity index (χ0) is 17.6. The number of carbonyl (C=O) groups excluding carboxylic acids is 1. The minimum Gasteiger partial charge on any atom is -0.462 e. The normalized spacial score (nSPS) is 11.1. The maximum Gasteiger partial charge on any atom is 0.339 e. The highest BCUT2D eigenvalue weighted by Crippen LogP contribution is 2.11. The Bertz CT molecular complexity index is 668. The number of rotatable bonds is 7. The van der Waals surface area contributed by atoms with Gasteiger partial charge in [-0.1, -0.05) is 19.6 Å². The Kier molecular flexibility index (Phi) is 6.73. The standard InChI is InChI=1S/C16H24N2O4Si/c1-6-22-16(20)14-9-13(10-17)15(19)18(12(14)2)11-21-7-8-23(3,4)5/h9H,6-8,11H2,1-5H3. The van der Waals surface area contributed by atoms with E-state index in [2.05, 4.69) is 19.6 Å². The van der Waals surface area contributed by atoms with Crippen LogP contribution in [0.15, 0.2) is 10.9 Å². The molecule has 0 spiro atoms. The first-order valence-electron chi connectivity index (χ1n) is 7.60. The average Bonchev–Trinajstić information content (AvgIpc) is 2.45. The van der Waals surface area contributed by atoms with Crippen molar-refractivity contribution in [1.29, 1.82) is 5.26 Å². The Morgan fingerprint density at radius 1 is 1.39 bits per heavy atom. The maximum absolute atomic E-state index is 12.3. The van der Waals surface area contributed by atoms with E-state index >= 15 is 0 Å². The van der Waals surface area contributed by atoms with Crippen LogP contribution in [0.2, 0.25) is 25.7 Å². The second-order valence-corrected chi connectivity index (χ2v) is 12.1. The van der Waals surface area contributed by atoms with Gasteiger partial charge in [-0.25, -0.2) is 4.79 Å². The lowest BCUT2D eigenvalue weighted by Crippen LogP contribution is -2.29. The number of hydrogen-bond acceptors (Lipinski definition) is 5. The summed E-state index contributed by atoms with van der Waals surface area (Å²) in [7, 11) is -1.22. The summed E-state index contributed by atoms with van der Waals surface area (Å²) in [6.07, 6.45) is 0. The quantitative estimate of drug-likeness (QED) is 0.434. The molecule has 0 atom stereocenters. The van der Waals surface area contributed by atoms with E-state index in [9.17, 15) is 9.59 Å². The molecule has 0 fully saturated rings. The largest absolute Gasteiger partial charge is 0.462 e. The first-order chi connectivity index (χ1) is 10.7. The van der Waals surface area contributed by atoms with Gasteiger partial charge in [0, 0.05) is 20.4 Å². The van der Waals surface area contributed by atoms with E-state index in [4.69, 9.17) is 14.7 Å². The van der Waals surface area contributed by atoms with Crippen LogP contribution in [0.4, 0.5) is 0 Å². The number of pyridine rings is 1. The maximum atomic E-state index is 12.3. The van der Waals surface area contributed by atoms with E-state index in [-0.39, 0.29) is 24.5 Å². The van der Waals surface area contributed by atoms with E-state index in [0.29, 0.717) is 12.3 Å². The highest BCUT2D eigenvalue weighted by Gasteiger charge is 2.18. The molecule has 0 N–H and O–H groups in total. The van der Waals surface area contributed by atoms with Gasteiger partial charge in [-0.15, -0.1) is 0 Å². The average molecular weight is 336 g/mol. The number of esters is 1. The smallest absolute Gasteiger partial charge is 0.339 e. The molecule has 7 heteroatoms. The van der Waals surface area contributed by atoms with E-state index in [0.717, 1.165) is 6.04 Å². The van der Waals surface area contributed by atoms with Crippen molar-refractivity contribution in [3.63, 3.8) is 0 Å². The summed E-state index contributed by atoms with van der Waals surface area (Å²) in [5, 5.41) is 9.10. The lowest BCUT2D eigenvalue weighted by atomic mass is 10.1. The highest BCUT2D eigenvalue weighted by atomic mass is 28.3. The van der Waals surface area contributed by atoms with Crippen molar-refractivity contribution in [3.8, 4) is 6.07 Å². The Morgan fingerprint density at radius 3 is 2.57 bits per heavy atom. The van der Waals surface area contributed by atoms with Crippen LogP contribution in [-0.4, -0.2) is 31.8 Å². The molecule has 1 rings (SSSR count). The molecular weight excluding hydrogens is 312 g/mol. The second-order valence-electron chi connectivity index (χ2n) is 6.47. The molecule has 0 aliphatic carbocycles. The number of carbonyl (C=O) groups is 1. The Balaban J connectivity index is 3.06. The van der Waals surface area contributed by atoms with E-state index in [1.165, 1.54) is 10.6 Å². The molecule has 0 aliphatic rings. The predicted octanol–water partition coefficient (Wildman–Crippen LogP) is 2.52. The monoisotopic (exact) mass is 336 g/mol. The van der Waals surface area contributed by atoms with Gasteiger partial charge in [0.05, 0.1) is 12.2 Å². The van der Waals surface area contributed by atoms with Crippen LogP contribution in [-0.2, 0) is 16.2 Å². The molecule has 0 bridgehead atoms. The van der Waals surface area contributed by atoms with Crippen LogP contribution in [0.5, 0.6) is 0 Å². The van der Waals surface area contributed by atoms with E-state index in [1.807, 2.05) is 6.07 Å². The Hall–Kier alpha value is -1.91. The fraction of sp³-hybridized carbons (Fsp3) is 0.562. The number of nitriles is 1. The van der Waals surface area contributed by atoms with Crippen LogP contribution >= 0.6 is 0 Å². The van der Waals surface area contributed by atoms with Crippen molar-refractivity contribution < 1.29 is 14.3 Å². The summed E-state index contributed by atoms with van der Waals surface area (Å²) >= 11 is 0. The summed E-state index contributed by atoms with van der Waals surface area (Å²) in [5.74, 6) is -0.544. The van der Waals surface area contributed by atoms with E-state index < -0.39 is 19.6 Å². The number of aromatic nitrogens is 1. The third-order valence-corrected chi connectivity index (χ3v) is 5.10. The molecule has 126 valence electrons. The summed E-state index contributed by atoms with van der Waals surface area (Å²) in [5.41, 5.74) is 0.121. The van der Waals surface area contributed by atoms with Gasteiger partial charge >= 0.3 is 5.97 Å². The fourth-order valence-corrected chi connectivity index (χ4v) is 2.70. The van der Waals surface area contributed by atoms with Crippen molar-refractivity contribution in [2.24, 2.45) is 0 Å². The molecule has 0 amide bonds. The zero-order valence-electron chi connectivity index (χ0n) is 14.4. The van der Waals surface area contributed by atoms with Crippen molar-refractivity contribution in [2.45, 2.75) is 46.3 Å². The molecule has 1 aromatic heterocycles. The summed E-state index contributed by atoms with van der Waals surface area (Å²) in [4.78, 5) is 24.2. The summed E-state index contributed by atoms with van der Waals surface area (Å²) in [6.45, 7) is 10.9. The molecule has 1 aromatic rings. The minimum atomic E-state index is -1.22. The van der Waals surface area contributed by atoms with Crippen LogP contribution in [0, 0.1) is 18.3 Å². The molecule has 23 heavy (non-hydrogen) atoms. The molecule has 0 radical (unpaired) electrons.